The van der Waals surface area contributed by atoms with Crippen molar-refractivity contribution >= 4 is 29.5 Å². The normalized spacial score (nSPS) is 11.2. The van der Waals surface area contributed by atoms with Crippen molar-refractivity contribution in [3.8, 4) is 5.69 Å². The third-order valence-electron chi connectivity index (χ3n) is 4.01. The van der Waals surface area contributed by atoms with Crippen LogP contribution in [0.15, 0.2) is 59.6 Å². The molecule has 126 valence electrons. The van der Waals surface area contributed by atoms with Gasteiger partial charge in [-0.3, -0.25) is 4.99 Å². The van der Waals surface area contributed by atoms with Crippen LogP contribution in [-0.4, -0.2) is 16.8 Å². The Balaban J connectivity index is 1.89. The summed E-state index contributed by atoms with van der Waals surface area (Å²) in [7, 11) is 0. The van der Waals surface area contributed by atoms with Crippen LogP contribution in [0, 0.1) is 13.8 Å². The maximum absolute atomic E-state index is 10.8. The first kappa shape index (κ1) is 17.0. The number of aryl methyl sites for hydroxylation is 1. The molecule has 0 bridgehead atoms. The highest BCUT2D eigenvalue weighted by molar-refractivity contribution is 6.30. The molecule has 2 aromatic carbocycles. The Labute approximate surface area is 151 Å². The lowest BCUT2D eigenvalue weighted by atomic mass is 10.2. The Morgan fingerprint density at radius 3 is 2.32 bits per heavy atom. The van der Waals surface area contributed by atoms with Crippen molar-refractivity contribution in [1.82, 2.24) is 4.57 Å². The van der Waals surface area contributed by atoms with E-state index in [-0.39, 0.29) is 5.56 Å². The molecule has 0 N–H and O–H groups in total. The van der Waals surface area contributed by atoms with E-state index in [1.165, 1.54) is 12.1 Å². The summed E-state index contributed by atoms with van der Waals surface area (Å²) in [5.41, 5.74) is 5.01. The molecule has 0 radical (unpaired) electrons. The van der Waals surface area contributed by atoms with Gasteiger partial charge in [0.15, 0.2) is 0 Å². The van der Waals surface area contributed by atoms with Crippen molar-refractivity contribution in [2.45, 2.75) is 13.8 Å². The van der Waals surface area contributed by atoms with Crippen molar-refractivity contribution in [3.05, 3.63) is 82.1 Å². The second-order valence-corrected chi connectivity index (χ2v) is 6.17. The summed E-state index contributed by atoms with van der Waals surface area (Å²) in [4.78, 5) is 15.2. The van der Waals surface area contributed by atoms with Crippen LogP contribution in [0.3, 0.4) is 0 Å². The van der Waals surface area contributed by atoms with Gasteiger partial charge in [0.2, 0.25) is 0 Å². The number of carboxylic acid groups (broad SMARTS) is 1. The summed E-state index contributed by atoms with van der Waals surface area (Å²) in [6, 6.07) is 16.0. The fraction of sp³-hybridized carbons (Fsp3) is 0.100. The van der Waals surface area contributed by atoms with Crippen molar-refractivity contribution in [2.75, 3.05) is 0 Å². The minimum absolute atomic E-state index is 0.139. The van der Waals surface area contributed by atoms with E-state index in [9.17, 15) is 9.90 Å². The molecule has 0 atom stereocenters. The first-order chi connectivity index (χ1) is 12.0. The van der Waals surface area contributed by atoms with Gasteiger partial charge in [0.1, 0.15) is 0 Å². The number of hydrogen-bond donors (Lipinski definition) is 0. The third-order valence-corrected chi connectivity index (χ3v) is 4.26. The maximum Gasteiger partial charge on any atom is 0.0715 e. The molecule has 0 fully saturated rings. The van der Waals surface area contributed by atoms with E-state index in [1.807, 2.05) is 38.1 Å². The van der Waals surface area contributed by atoms with Gasteiger partial charge in [-0.25, -0.2) is 0 Å². The quantitative estimate of drug-likeness (QED) is 0.670. The van der Waals surface area contributed by atoms with Gasteiger partial charge in [0, 0.05) is 33.9 Å². The molecule has 0 spiro atoms. The van der Waals surface area contributed by atoms with Crippen molar-refractivity contribution < 1.29 is 9.90 Å². The first-order valence-electron chi connectivity index (χ1n) is 7.76. The third kappa shape index (κ3) is 3.64. The van der Waals surface area contributed by atoms with E-state index < -0.39 is 5.97 Å². The molecule has 0 aliphatic heterocycles. The van der Waals surface area contributed by atoms with Gasteiger partial charge in [-0.05, 0) is 61.9 Å². The van der Waals surface area contributed by atoms with Gasteiger partial charge in [0.25, 0.3) is 0 Å². The molecule has 1 aromatic heterocycles. The summed E-state index contributed by atoms with van der Waals surface area (Å²) >= 11 is 5.96. The lowest BCUT2D eigenvalue weighted by Crippen LogP contribution is -2.21. The zero-order valence-corrected chi connectivity index (χ0v) is 14.6. The predicted molar refractivity (Wildman–Crippen MR) is 98.3 cm³/mol. The molecule has 0 saturated heterocycles. The van der Waals surface area contributed by atoms with Crippen LogP contribution in [0.1, 0.15) is 27.3 Å². The Kier molecular flexibility index (Phi) is 4.72. The minimum Gasteiger partial charge on any atom is -0.545 e. The average molecular weight is 352 g/mol. The molecule has 0 saturated carbocycles. The Morgan fingerprint density at radius 2 is 1.72 bits per heavy atom. The second kappa shape index (κ2) is 6.95. The lowest BCUT2D eigenvalue weighted by molar-refractivity contribution is -0.255. The number of rotatable bonds is 4. The Hall–Kier alpha value is -2.85. The highest BCUT2D eigenvalue weighted by Gasteiger charge is 2.09. The summed E-state index contributed by atoms with van der Waals surface area (Å²) in [6.45, 7) is 4.07. The van der Waals surface area contributed by atoms with Crippen LogP contribution in [0.2, 0.25) is 5.02 Å². The van der Waals surface area contributed by atoms with Gasteiger partial charge in [-0.2, -0.15) is 0 Å². The molecule has 0 unspecified atom stereocenters. The Bertz CT molecular complexity index is 939. The molecule has 1 heterocycles. The number of carboxylic acids is 1. The van der Waals surface area contributed by atoms with Crippen LogP contribution >= 0.6 is 11.6 Å². The SMILES string of the molecule is Cc1cc(C=Nc2ccc(C(=O)[O-])cc2)c(C)n1-c1ccc(Cl)cc1. The molecule has 4 nitrogen and oxygen atoms in total. The smallest absolute Gasteiger partial charge is 0.0715 e. The molecule has 0 aliphatic carbocycles. The van der Waals surface area contributed by atoms with Crippen molar-refractivity contribution in [2.24, 2.45) is 4.99 Å². The molecule has 5 heteroatoms. The summed E-state index contributed by atoms with van der Waals surface area (Å²) in [5, 5.41) is 11.5. The number of benzene rings is 2. The van der Waals surface area contributed by atoms with Gasteiger partial charge in [0.05, 0.1) is 11.7 Å². The van der Waals surface area contributed by atoms with Crippen molar-refractivity contribution in [1.29, 1.82) is 0 Å². The van der Waals surface area contributed by atoms with Gasteiger partial charge < -0.3 is 14.5 Å². The lowest BCUT2D eigenvalue weighted by Gasteiger charge is -2.09. The number of nitrogens with zero attached hydrogens (tertiary/aromatic N) is 2. The fourth-order valence-corrected chi connectivity index (χ4v) is 2.86. The van der Waals surface area contributed by atoms with Crippen molar-refractivity contribution in [3.63, 3.8) is 0 Å². The number of aliphatic imine (C=N–C) groups is 1. The van der Waals surface area contributed by atoms with Crippen LogP contribution in [0.5, 0.6) is 0 Å². The molecule has 0 aliphatic rings. The number of carbonyl (C=O) groups is 1. The highest BCUT2D eigenvalue weighted by atomic mass is 35.5. The predicted octanol–water partition coefficient (Wildman–Crippen LogP) is 3.86. The van der Waals surface area contributed by atoms with Crippen LogP contribution in [0.4, 0.5) is 5.69 Å². The highest BCUT2D eigenvalue weighted by Crippen LogP contribution is 2.22. The Morgan fingerprint density at radius 1 is 1.08 bits per heavy atom. The molecule has 0 amide bonds. The molecule has 25 heavy (non-hydrogen) atoms. The number of aromatic carboxylic acids is 1. The average Bonchev–Trinajstić information content (AvgIpc) is 2.88. The van der Waals surface area contributed by atoms with Gasteiger partial charge in [-0.15, -0.1) is 0 Å². The van der Waals surface area contributed by atoms with Crippen LogP contribution in [-0.2, 0) is 0 Å². The van der Waals surface area contributed by atoms with E-state index in [0.29, 0.717) is 10.7 Å². The summed E-state index contributed by atoms with van der Waals surface area (Å²) < 4.78 is 2.14. The van der Waals surface area contributed by atoms with E-state index in [2.05, 4.69) is 15.6 Å². The first-order valence-corrected chi connectivity index (χ1v) is 8.14. The zero-order chi connectivity index (χ0) is 18.0. The molecule has 3 rings (SSSR count). The van der Waals surface area contributed by atoms with E-state index in [1.54, 1.807) is 18.3 Å². The standard InChI is InChI=1S/C20H17ClN2O2/c1-13-11-16(12-22-18-7-3-15(4-8-18)20(24)25)14(2)23(13)19-9-5-17(21)6-10-19/h3-12H,1-2H3,(H,24,25)/p-1. The monoisotopic (exact) mass is 351 g/mol. The summed E-state index contributed by atoms with van der Waals surface area (Å²) in [5.74, 6) is -1.19. The van der Waals surface area contributed by atoms with Crippen LogP contribution in [0.25, 0.3) is 5.69 Å². The molecular formula is C20H16ClN2O2-. The number of aromatic nitrogens is 1. The van der Waals surface area contributed by atoms with E-state index in [4.69, 9.17) is 11.6 Å². The largest absolute Gasteiger partial charge is 0.545 e. The number of carbonyl (C=O) groups excluding carboxylic acids is 1. The number of halogens is 1. The maximum atomic E-state index is 10.8. The summed E-state index contributed by atoms with van der Waals surface area (Å²) in [6.07, 6.45) is 1.78. The van der Waals surface area contributed by atoms with Gasteiger partial charge in [-0.1, -0.05) is 23.7 Å². The van der Waals surface area contributed by atoms with E-state index in [0.717, 1.165) is 22.6 Å². The molecule has 3 aromatic rings. The minimum atomic E-state index is -1.19. The van der Waals surface area contributed by atoms with Gasteiger partial charge >= 0.3 is 0 Å². The topological polar surface area (TPSA) is 57.4 Å². The van der Waals surface area contributed by atoms with Crippen LogP contribution < -0.4 is 5.11 Å². The number of hydrogen-bond acceptors (Lipinski definition) is 3. The molecular weight excluding hydrogens is 336 g/mol. The van der Waals surface area contributed by atoms with E-state index >= 15 is 0 Å². The zero-order valence-electron chi connectivity index (χ0n) is 13.9. The fourth-order valence-electron chi connectivity index (χ4n) is 2.73. The second-order valence-electron chi connectivity index (χ2n) is 5.73.